The number of carboxylic acid groups (broad SMARTS) is 3. The molecule has 0 aliphatic carbocycles. The molecule has 26 heteroatoms. The highest BCUT2D eigenvalue weighted by Gasteiger charge is 2.58. The average molecular weight is 975 g/mol. The number of fused-ring (bicyclic) bond motifs is 1. The van der Waals surface area contributed by atoms with E-state index in [-0.39, 0.29) is 39.5 Å². The minimum atomic E-state index is -2.48. The zero-order valence-corrected chi connectivity index (χ0v) is 35.2. The van der Waals surface area contributed by atoms with Crippen molar-refractivity contribution in [1.82, 2.24) is 0 Å². The van der Waals surface area contributed by atoms with Gasteiger partial charge in [-0.3, -0.25) is 4.79 Å². The number of benzene rings is 3. The van der Waals surface area contributed by atoms with Crippen LogP contribution in [0.3, 0.4) is 0 Å². The Morgan fingerprint density at radius 3 is 1.84 bits per heavy atom. The monoisotopic (exact) mass is 974 g/mol. The Kier molecular flexibility index (Phi) is 14.7. The highest BCUT2D eigenvalue weighted by atomic mass is 16.8. The first-order chi connectivity index (χ1) is 32.7. The van der Waals surface area contributed by atoms with Crippen molar-refractivity contribution in [2.75, 3.05) is 7.11 Å². The second-order valence-corrected chi connectivity index (χ2v) is 15.6. The Hall–Kier alpha value is -6.95. The highest BCUT2D eigenvalue weighted by Crippen LogP contribution is 2.38. The van der Waals surface area contributed by atoms with Gasteiger partial charge in [-0.1, -0.05) is 12.1 Å². The molecule has 0 saturated carbocycles. The van der Waals surface area contributed by atoms with E-state index in [1.54, 1.807) is 0 Å². The molecule has 3 fully saturated rings. The molecule has 12 N–H and O–H groups in total. The maximum atomic E-state index is 13.5. The summed E-state index contributed by atoms with van der Waals surface area (Å²) in [4.78, 5) is 63.5. The molecule has 4 heterocycles. The van der Waals surface area contributed by atoms with Crippen LogP contribution in [0.15, 0.2) is 76.0 Å². The van der Waals surface area contributed by atoms with E-state index in [1.165, 1.54) is 49.6 Å². The van der Waals surface area contributed by atoms with Crippen LogP contribution in [-0.2, 0) is 47.6 Å². The summed E-state index contributed by atoms with van der Waals surface area (Å²) >= 11 is 0. The molecule has 69 heavy (non-hydrogen) atoms. The number of aromatic hydroxyl groups is 3. The summed E-state index contributed by atoms with van der Waals surface area (Å²) in [6, 6.07) is 12.1. The third-order valence-corrected chi connectivity index (χ3v) is 11.0. The molecule has 3 saturated heterocycles. The average Bonchev–Trinajstić information content (AvgIpc) is 3.29. The van der Waals surface area contributed by atoms with Gasteiger partial charge in [0, 0.05) is 29.8 Å². The van der Waals surface area contributed by atoms with Gasteiger partial charge in [0.05, 0.1) is 7.11 Å². The molecule has 3 aromatic carbocycles. The Morgan fingerprint density at radius 1 is 0.609 bits per heavy atom. The lowest BCUT2D eigenvalue weighted by atomic mass is 9.95. The quantitative estimate of drug-likeness (QED) is 0.0478. The lowest BCUT2D eigenvalue weighted by Crippen LogP contribution is -2.68. The number of phenols is 3. The van der Waals surface area contributed by atoms with Crippen LogP contribution < -0.4 is 14.9 Å². The number of carboxylic acids is 3. The van der Waals surface area contributed by atoms with Gasteiger partial charge in [0.15, 0.2) is 60.0 Å². The smallest absolute Gasteiger partial charge is 0.335 e. The maximum absolute atomic E-state index is 13.5. The molecule has 0 spiro atoms. The van der Waals surface area contributed by atoms with Gasteiger partial charge in [0.25, 0.3) is 0 Å². The van der Waals surface area contributed by atoms with Crippen molar-refractivity contribution in [3.8, 4) is 40.1 Å². The van der Waals surface area contributed by atoms with Gasteiger partial charge in [0.1, 0.15) is 76.7 Å². The molecule has 0 unspecified atom stereocenters. The van der Waals surface area contributed by atoms with Crippen LogP contribution in [0.2, 0.25) is 0 Å². The molecule has 0 bridgehead atoms. The third-order valence-electron chi connectivity index (χ3n) is 11.0. The summed E-state index contributed by atoms with van der Waals surface area (Å²) in [5, 5.41) is 125. The summed E-state index contributed by atoms with van der Waals surface area (Å²) in [5.41, 5.74) is -0.621. The second kappa shape index (κ2) is 20.3. The maximum Gasteiger partial charge on any atom is 0.335 e. The van der Waals surface area contributed by atoms with E-state index in [9.17, 15) is 85.3 Å². The molecule has 3 aliphatic heterocycles. The number of aliphatic carboxylic acids is 3. The second-order valence-electron chi connectivity index (χ2n) is 15.6. The van der Waals surface area contributed by atoms with Crippen LogP contribution in [0, 0.1) is 0 Å². The fourth-order valence-corrected chi connectivity index (χ4v) is 7.51. The van der Waals surface area contributed by atoms with Gasteiger partial charge in [-0.05, 0) is 42.0 Å². The molecule has 7 rings (SSSR count). The number of esters is 1. The SMILES string of the molecule is COc1cc(-c2cc(=O)c3c(O)cc(O[C@@H]4O[C@H](C(=O)O)[C@@H](O)[C@H](O)[C@H]4O[C@@H]4O[C@H](C(=O)O)[C@@H](O)[C@H](O[C@@H]5O[C@H](C(=O)O)[C@@H](O)[C@H](O)[C@H]5O)[C@H]4OC(=O)C=Cc4ccc(O)cc4)cc3o2)ccc1O. The first kappa shape index (κ1) is 49.9. The number of hydrogen-bond acceptors (Lipinski definition) is 23. The summed E-state index contributed by atoms with van der Waals surface area (Å²) in [6.45, 7) is 0. The van der Waals surface area contributed by atoms with Gasteiger partial charge in [-0.15, -0.1) is 0 Å². The first-order valence-electron chi connectivity index (χ1n) is 20.2. The van der Waals surface area contributed by atoms with E-state index >= 15 is 0 Å². The Bertz CT molecular complexity index is 2650. The fourth-order valence-electron chi connectivity index (χ4n) is 7.51. The number of aliphatic hydroxyl groups excluding tert-OH is 6. The minimum absolute atomic E-state index is 0.00123. The molecule has 0 amide bonds. The van der Waals surface area contributed by atoms with Crippen LogP contribution in [0.4, 0.5) is 0 Å². The summed E-state index contributed by atoms with van der Waals surface area (Å²) in [7, 11) is 1.27. The number of carbonyl (C=O) groups is 4. The molecule has 0 radical (unpaired) electrons. The van der Waals surface area contributed by atoms with Crippen LogP contribution in [-0.4, -0.2) is 184 Å². The lowest BCUT2D eigenvalue weighted by Gasteiger charge is -2.47. The van der Waals surface area contributed by atoms with E-state index in [0.29, 0.717) is 5.56 Å². The highest BCUT2D eigenvalue weighted by molar-refractivity contribution is 5.87. The Balaban J connectivity index is 1.27. The first-order valence-corrected chi connectivity index (χ1v) is 20.2. The summed E-state index contributed by atoms with van der Waals surface area (Å²) in [6.07, 6.45) is -33.4. The van der Waals surface area contributed by atoms with E-state index in [1.807, 2.05) is 0 Å². The molecule has 4 aromatic rings. The van der Waals surface area contributed by atoms with E-state index < -0.39 is 133 Å². The normalized spacial score (nSPS) is 31.5. The van der Waals surface area contributed by atoms with E-state index in [0.717, 1.165) is 30.4 Å². The fraction of sp³-hybridized carbons (Fsp3) is 0.372. The van der Waals surface area contributed by atoms with E-state index in [4.69, 9.17) is 42.3 Å². The van der Waals surface area contributed by atoms with Crippen LogP contribution in [0.1, 0.15) is 5.56 Å². The van der Waals surface area contributed by atoms with Gasteiger partial charge >= 0.3 is 23.9 Å². The van der Waals surface area contributed by atoms with Crippen LogP contribution in [0.25, 0.3) is 28.4 Å². The van der Waals surface area contributed by atoms with Crippen LogP contribution in [0.5, 0.6) is 28.7 Å². The number of rotatable bonds is 14. The van der Waals surface area contributed by atoms with Gasteiger partial charge in [-0.2, -0.15) is 0 Å². The van der Waals surface area contributed by atoms with Crippen molar-refractivity contribution < 1.29 is 123 Å². The zero-order valence-electron chi connectivity index (χ0n) is 35.2. The van der Waals surface area contributed by atoms with Crippen molar-refractivity contribution in [1.29, 1.82) is 0 Å². The molecule has 370 valence electrons. The van der Waals surface area contributed by atoms with Crippen molar-refractivity contribution in [2.45, 2.75) is 92.1 Å². The number of hydrogen-bond donors (Lipinski definition) is 12. The molecule has 1 aromatic heterocycles. The van der Waals surface area contributed by atoms with Crippen molar-refractivity contribution >= 4 is 40.9 Å². The molecule has 15 atom stereocenters. The van der Waals surface area contributed by atoms with Crippen molar-refractivity contribution in [3.05, 3.63) is 82.5 Å². The zero-order chi connectivity index (χ0) is 50.2. The lowest BCUT2D eigenvalue weighted by molar-refractivity contribution is -0.373. The number of phenolic OH excluding ortho intramolecular Hbond substituents is 3. The topological polar surface area (TPSA) is 415 Å². The number of methoxy groups -OCH3 is 1. The third kappa shape index (κ3) is 10.4. The van der Waals surface area contributed by atoms with Gasteiger partial charge < -0.3 is 104 Å². The Labute approximate surface area is 385 Å². The standard InChI is InChI=1S/C43H42O26/c1-61-22-10-15(5-8-18(22)45)21-13-20(47)25-19(46)11-17(12-23(25)63-21)62-42-36(29(52)28(51)34(67-42)39(57)58)69-43-37(64-24(48)9-4-14-2-6-16(44)7-3-14)32(31(54)35(68-43)40(59)60)65-41-30(53)26(49)27(50)33(66-41)38(55)56/h2-13,26-37,41-46,49-54H,1H3,(H,55,56)(H,57,58)(H,59,60)/t26-,27-,28-,29-,30+,31-,32-,33-,34-,35-,36+,37+,41+,42+,43-/m0/s1. The molecule has 3 aliphatic rings. The van der Waals surface area contributed by atoms with Gasteiger partial charge in [0.2, 0.25) is 6.29 Å². The largest absolute Gasteiger partial charge is 0.508 e. The minimum Gasteiger partial charge on any atom is -0.508 e. The van der Waals surface area contributed by atoms with Crippen LogP contribution >= 0.6 is 0 Å². The predicted octanol–water partition coefficient (Wildman–Crippen LogP) is -2.05. The van der Waals surface area contributed by atoms with Crippen molar-refractivity contribution in [2.24, 2.45) is 0 Å². The summed E-state index contributed by atoms with van der Waals surface area (Å²) in [5.74, 6) is -8.82. The van der Waals surface area contributed by atoms with Crippen molar-refractivity contribution in [3.63, 3.8) is 0 Å². The molecule has 26 nitrogen and oxygen atoms in total. The number of ether oxygens (including phenoxy) is 8. The molecular weight excluding hydrogens is 932 g/mol. The Morgan fingerprint density at radius 2 is 1.20 bits per heavy atom. The predicted molar refractivity (Wildman–Crippen MR) is 220 cm³/mol. The molecular formula is C43H42O26. The van der Waals surface area contributed by atoms with Gasteiger partial charge in [-0.25, -0.2) is 19.2 Å². The van der Waals surface area contributed by atoms with E-state index in [2.05, 4.69) is 0 Å². The summed E-state index contributed by atoms with van der Waals surface area (Å²) < 4.78 is 50.1. The number of aliphatic hydroxyl groups is 6. The number of carbonyl (C=O) groups excluding carboxylic acids is 1.